The third-order valence-electron chi connectivity index (χ3n) is 3.57. The normalized spacial score (nSPS) is 17.8. The molecule has 1 atom stereocenters. The molecule has 104 valence electrons. The van der Waals surface area contributed by atoms with E-state index in [0.29, 0.717) is 24.4 Å². The molecule has 6 heteroatoms. The van der Waals surface area contributed by atoms with Gasteiger partial charge in [0.2, 0.25) is 0 Å². The molecule has 0 aromatic carbocycles. The zero-order valence-corrected chi connectivity index (χ0v) is 11.3. The Kier molecular flexibility index (Phi) is 3.23. The van der Waals surface area contributed by atoms with Gasteiger partial charge in [0.25, 0.3) is 0 Å². The van der Waals surface area contributed by atoms with Gasteiger partial charge in [-0.05, 0) is 25.0 Å². The van der Waals surface area contributed by atoms with Crippen LogP contribution in [0.3, 0.4) is 0 Å². The number of hydrogen-bond acceptors (Lipinski definition) is 3. The molecule has 0 aliphatic carbocycles. The van der Waals surface area contributed by atoms with Crippen molar-refractivity contribution in [1.29, 1.82) is 0 Å². The fourth-order valence-electron chi connectivity index (χ4n) is 2.75. The molecule has 0 fully saturated rings. The second-order valence-corrected chi connectivity index (χ2v) is 5.16. The van der Waals surface area contributed by atoms with Crippen LogP contribution < -0.4 is 0 Å². The highest BCUT2D eigenvalue weighted by Crippen LogP contribution is 2.41. The molecule has 1 aliphatic rings. The van der Waals surface area contributed by atoms with Gasteiger partial charge in [-0.15, -0.1) is 0 Å². The van der Waals surface area contributed by atoms with Crippen LogP contribution in [0.4, 0.5) is 0 Å². The highest BCUT2D eigenvalue weighted by atomic mass is 35.5. The van der Waals surface area contributed by atoms with Crippen LogP contribution >= 0.6 is 11.6 Å². The lowest BCUT2D eigenvalue weighted by atomic mass is 10.0. The molecule has 0 bridgehead atoms. The highest BCUT2D eigenvalue weighted by Gasteiger charge is 2.32. The fourth-order valence-corrected chi connectivity index (χ4v) is 3.14. The van der Waals surface area contributed by atoms with E-state index in [1.54, 1.807) is 23.0 Å². The summed E-state index contributed by atoms with van der Waals surface area (Å²) in [6.07, 6.45) is 3.82. The summed E-state index contributed by atoms with van der Waals surface area (Å²) in [5.74, 6) is -1.12. The van der Waals surface area contributed by atoms with Crippen LogP contribution in [0.25, 0.3) is 11.3 Å². The van der Waals surface area contributed by atoms with Crippen LogP contribution in [0.2, 0.25) is 5.02 Å². The number of aromatic carboxylic acids is 1. The largest absolute Gasteiger partial charge is 0.478 e. The molecular weight excluding hydrogens is 280 g/mol. The van der Waals surface area contributed by atoms with E-state index >= 15 is 0 Å². The summed E-state index contributed by atoms with van der Waals surface area (Å²) in [6, 6.07) is 3.60. The monoisotopic (exact) mass is 292 g/mol. The Morgan fingerprint density at radius 3 is 2.95 bits per heavy atom. The van der Waals surface area contributed by atoms with Crippen molar-refractivity contribution in [3.8, 4) is 11.3 Å². The zero-order chi connectivity index (χ0) is 14.3. The molecule has 2 aromatic rings. The second-order valence-electron chi connectivity index (χ2n) is 4.78. The van der Waals surface area contributed by atoms with Crippen LogP contribution in [0.1, 0.15) is 35.0 Å². The molecule has 1 aliphatic heterocycles. The number of halogens is 1. The van der Waals surface area contributed by atoms with E-state index in [0.717, 1.165) is 12.0 Å². The number of rotatable bonds is 2. The van der Waals surface area contributed by atoms with Gasteiger partial charge in [-0.25, -0.2) is 4.79 Å². The average Bonchev–Trinajstić information content (AvgIpc) is 2.73. The number of hydrogen-bond donors (Lipinski definition) is 2. The standard InChI is InChI=1S/C14H13ClN2O3/c15-11-10(14(19)20)13-9(18)4-2-6-17(13)12(11)8-3-1-5-16-7-8/h1,3,5,7,9,18H,2,4,6H2,(H,19,20). The predicted octanol–water partition coefficient (Wildman–Crippen LogP) is 2.73. The fraction of sp³-hybridized carbons (Fsp3) is 0.286. The topological polar surface area (TPSA) is 75.3 Å². The number of aliphatic hydroxyl groups excluding tert-OH is 1. The lowest BCUT2D eigenvalue weighted by molar-refractivity contribution is 0.0683. The van der Waals surface area contributed by atoms with Gasteiger partial charge < -0.3 is 14.8 Å². The van der Waals surface area contributed by atoms with E-state index in [9.17, 15) is 15.0 Å². The van der Waals surface area contributed by atoms with Crippen LogP contribution in [-0.4, -0.2) is 25.7 Å². The van der Waals surface area contributed by atoms with E-state index in [1.807, 2.05) is 6.07 Å². The molecule has 0 spiro atoms. The highest BCUT2D eigenvalue weighted by molar-refractivity contribution is 6.36. The van der Waals surface area contributed by atoms with Gasteiger partial charge in [0.05, 0.1) is 22.5 Å². The van der Waals surface area contributed by atoms with Crippen LogP contribution in [-0.2, 0) is 6.54 Å². The summed E-state index contributed by atoms with van der Waals surface area (Å²) in [5.41, 5.74) is 1.76. The lowest BCUT2D eigenvalue weighted by Gasteiger charge is -2.23. The quantitative estimate of drug-likeness (QED) is 0.892. The first-order chi connectivity index (χ1) is 9.61. The molecule has 1 unspecified atom stereocenters. The summed E-state index contributed by atoms with van der Waals surface area (Å²) in [5, 5.41) is 19.7. The first-order valence-electron chi connectivity index (χ1n) is 6.35. The molecule has 2 N–H and O–H groups in total. The van der Waals surface area contributed by atoms with E-state index in [1.165, 1.54) is 0 Å². The average molecular weight is 293 g/mol. The molecular formula is C14H13ClN2O3. The maximum atomic E-state index is 11.5. The molecule has 2 aromatic heterocycles. The minimum absolute atomic E-state index is 0.00211. The Bertz CT molecular complexity index is 667. The Morgan fingerprint density at radius 1 is 1.50 bits per heavy atom. The van der Waals surface area contributed by atoms with Crippen molar-refractivity contribution >= 4 is 17.6 Å². The first-order valence-corrected chi connectivity index (χ1v) is 6.72. The smallest absolute Gasteiger partial charge is 0.339 e. The number of fused-ring (bicyclic) bond motifs is 1. The first kappa shape index (κ1) is 13.1. The predicted molar refractivity (Wildman–Crippen MR) is 73.8 cm³/mol. The van der Waals surface area contributed by atoms with Gasteiger partial charge in [-0.2, -0.15) is 0 Å². The summed E-state index contributed by atoms with van der Waals surface area (Å²) >= 11 is 6.27. The van der Waals surface area contributed by atoms with Gasteiger partial charge >= 0.3 is 5.97 Å². The maximum Gasteiger partial charge on any atom is 0.339 e. The van der Waals surface area contributed by atoms with Gasteiger partial charge in [0, 0.05) is 24.5 Å². The SMILES string of the molecule is O=C(O)c1c(Cl)c(-c2cccnc2)n2c1C(O)CCC2. The number of aliphatic hydroxyl groups is 1. The molecule has 0 radical (unpaired) electrons. The van der Waals surface area contributed by atoms with Crippen molar-refractivity contribution in [2.75, 3.05) is 0 Å². The Balaban J connectivity index is 2.31. The lowest BCUT2D eigenvalue weighted by Crippen LogP contribution is -2.18. The minimum Gasteiger partial charge on any atom is -0.478 e. The van der Waals surface area contributed by atoms with Gasteiger partial charge in [0.1, 0.15) is 5.56 Å². The molecule has 0 saturated carbocycles. The number of pyridine rings is 1. The molecule has 3 heterocycles. The molecule has 3 rings (SSSR count). The maximum absolute atomic E-state index is 11.5. The van der Waals surface area contributed by atoms with Crippen LogP contribution in [0.15, 0.2) is 24.5 Å². The van der Waals surface area contributed by atoms with Crippen molar-refractivity contribution < 1.29 is 15.0 Å². The number of aromatic nitrogens is 2. The van der Waals surface area contributed by atoms with Crippen molar-refractivity contribution in [2.24, 2.45) is 0 Å². The van der Waals surface area contributed by atoms with Gasteiger partial charge in [-0.3, -0.25) is 4.98 Å². The number of nitrogens with zero attached hydrogens (tertiary/aromatic N) is 2. The summed E-state index contributed by atoms with van der Waals surface area (Å²) in [4.78, 5) is 15.5. The van der Waals surface area contributed by atoms with Crippen LogP contribution in [0.5, 0.6) is 0 Å². The third-order valence-corrected chi connectivity index (χ3v) is 3.94. The van der Waals surface area contributed by atoms with E-state index < -0.39 is 12.1 Å². The summed E-state index contributed by atoms with van der Waals surface area (Å²) < 4.78 is 1.80. The Labute approximate surface area is 120 Å². The Morgan fingerprint density at radius 2 is 2.30 bits per heavy atom. The second kappa shape index (κ2) is 4.92. The van der Waals surface area contributed by atoms with Crippen molar-refractivity contribution in [2.45, 2.75) is 25.5 Å². The van der Waals surface area contributed by atoms with Gasteiger partial charge in [0.15, 0.2) is 0 Å². The Hall–Kier alpha value is -1.85. The van der Waals surface area contributed by atoms with Crippen molar-refractivity contribution in [1.82, 2.24) is 9.55 Å². The molecule has 0 saturated heterocycles. The van der Waals surface area contributed by atoms with E-state index in [4.69, 9.17) is 11.6 Å². The third kappa shape index (κ3) is 1.90. The van der Waals surface area contributed by atoms with E-state index in [2.05, 4.69) is 4.98 Å². The van der Waals surface area contributed by atoms with Crippen molar-refractivity contribution in [3.05, 3.63) is 40.8 Å². The molecule has 0 amide bonds. The number of carboxylic acids is 1. The van der Waals surface area contributed by atoms with Gasteiger partial charge in [-0.1, -0.05) is 11.6 Å². The zero-order valence-electron chi connectivity index (χ0n) is 10.6. The van der Waals surface area contributed by atoms with Crippen LogP contribution in [0, 0.1) is 0 Å². The minimum atomic E-state index is -1.12. The summed E-state index contributed by atoms with van der Waals surface area (Å²) in [6.45, 7) is 0.642. The number of carbonyl (C=O) groups is 1. The number of carboxylic acid groups (broad SMARTS) is 1. The summed E-state index contributed by atoms with van der Waals surface area (Å²) in [7, 11) is 0. The van der Waals surface area contributed by atoms with Crippen molar-refractivity contribution in [3.63, 3.8) is 0 Å². The molecule has 5 nitrogen and oxygen atoms in total. The molecule has 20 heavy (non-hydrogen) atoms. The van der Waals surface area contributed by atoms with E-state index in [-0.39, 0.29) is 10.6 Å².